The maximum absolute atomic E-state index is 12.9. The fourth-order valence-electron chi connectivity index (χ4n) is 4.03. The van der Waals surface area contributed by atoms with Crippen molar-refractivity contribution in [1.82, 2.24) is 14.8 Å². The van der Waals surface area contributed by atoms with E-state index >= 15 is 0 Å². The normalized spacial score (nSPS) is 13.8. The van der Waals surface area contributed by atoms with E-state index < -0.39 is 0 Å². The predicted molar refractivity (Wildman–Crippen MR) is 134 cm³/mol. The summed E-state index contributed by atoms with van der Waals surface area (Å²) in [5.74, 6) is 1.01. The van der Waals surface area contributed by atoms with Crippen molar-refractivity contribution < 1.29 is 9.53 Å². The van der Waals surface area contributed by atoms with Crippen LogP contribution in [-0.4, -0.2) is 52.7 Å². The van der Waals surface area contributed by atoms with Gasteiger partial charge in [-0.2, -0.15) is 0 Å². The van der Waals surface area contributed by atoms with E-state index in [4.69, 9.17) is 4.74 Å². The number of para-hydroxylation sites is 1. The standard InChI is InChI=1S/C25H31N5O2S/c1-4-19-9-7-10-20(5-2)23(19)26-22(31)17-33-25-28-27-24(29-12-14-32-15-13-29)30(25)21-11-6-8-18(3)16-21/h6-11,16H,4-5,12-15,17H2,1-3H3,(H,26,31). The van der Waals surface area contributed by atoms with Crippen LogP contribution in [0.4, 0.5) is 11.6 Å². The van der Waals surface area contributed by atoms with Crippen molar-refractivity contribution in [3.63, 3.8) is 0 Å². The summed E-state index contributed by atoms with van der Waals surface area (Å²) < 4.78 is 7.56. The smallest absolute Gasteiger partial charge is 0.234 e. The molecule has 0 aliphatic carbocycles. The molecule has 7 nitrogen and oxygen atoms in total. The summed E-state index contributed by atoms with van der Waals surface area (Å²) in [5, 5.41) is 12.8. The number of amides is 1. The molecule has 1 aromatic heterocycles. The molecule has 0 saturated carbocycles. The van der Waals surface area contributed by atoms with Crippen LogP contribution >= 0.6 is 11.8 Å². The minimum absolute atomic E-state index is 0.0395. The Kier molecular flexibility index (Phi) is 7.67. The van der Waals surface area contributed by atoms with E-state index in [9.17, 15) is 4.79 Å². The number of hydrogen-bond acceptors (Lipinski definition) is 6. The minimum Gasteiger partial charge on any atom is -0.378 e. The minimum atomic E-state index is -0.0395. The third-order valence-corrected chi connectivity index (χ3v) is 6.69. The van der Waals surface area contributed by atoms with Gasteiger partial charge in [0.2, 0.25) is 11.9 Å². The summed E-state index contributed by atoms with van der Waals surface area (Å²) in [6.07, 6.45) is 1.75. The van der Waals surface area contributed by atoms with Crippen LogP contribution in [0.25, 0.3) is 5.69 Å². The van der Waals surface area contributed by atoms with Crippen molar-refractivity contribution in [1.29, 1.82) is 0 Å². The largest absolute Gasteiger partial charge is 0.378 e. The number of aromatic nitrogens is 3. The number of anilines is 2. The second-order valence-corrected chi connectivity index (χ2v) is 8.99. The highest BCUT2D eigenvalue weighted by Gasteiger charge is 2.22. The van der Waals surface area contributed by atoms with E-state index in [1.165, 1.54) is 11.8 Å². The lowest BCUT2D eigenvalue weighted by atomic mass is 10.0. The molecule has 2 aromatic carbocycles. The lowest BCUT2D eigenvalue weighted by molar-refractivity contribution is -0.113. The maximum Gasteiger partial charge on any atom is 0.234 e. The first-order valence-corrected chi connectivity index (χ1v) is 12.5. The van der Waals surface area contributed by atoms with Gasteiger partial charge >= 0.3 is 0 Å². The second-order valence-electron chi connectivity index (χ2n) is 8.05. The molecule has 174 valence electrons. The topological polar surface area (TPSA) is 72.3 Å². The average molecular weight is 466 g/mol. The molecule has 1 aliphatic rings. The molecule has 1 saturated heterocycles. The van der Waals surface area contributed by atoms with Crippen molar-refractivity contribution in [2.24, 2.45) is 0 Å². The van der Waals surface area contributed by atoms with Gasteiger partial charge in [0.25, 0.3) is 0 Å². The van der Waals surface area contributed by atoms with Gasteiger partial charge in [-0.1, -0.05) is 55.9 Å². The summed E-state index contributed by atoms with van der Waals surface area (Å²) in [6, 6.07) is 14.5. The molecule has 4 rings (SSSR count). The Labute approximate surface area is 199 Å². The summed E-state index contributed by atoms with van der Waals surface area (Å²) in [6.45, 7) is 9.15. The van der Waals surface area contributed by atoms with Crippen molar-refractivity contribution >= 4 is 29.3 Å². The van der Waals surface area contributed by atoms with Gasteiger partial charge < -0.3 is 15.0 Å². The van der Waals surface area contributed by atoms with Crippen molar-refractivity contribution in [3.05, 3.63) is 59.2 Å². The predicted octanol–water partition coefficient (Wildman–Crippen LogP) is 4.27. The fraction of sp³-hybridized carbons (Fsp3) is 0.400. The van der Waals surface area contributed by atoms with Crippen molar-refractivity contribution in [2.45, 2.75) is 38.8 Å². The number of carbonyl (C=O) groups excluding carboxylic acids is 1. The molecule has 0 atom stereocenters. The molecule has 1 fully saturated rings. The van der Waals surface area contributed by atoms with E-state index in [-0.39, 0.29) is 11.7 Å². The van der Waals surface area contributed by atoms with Crippen LogP contribution in [0, 0.1) is 6.92 Å². The molecule has 1 aliphatic heterocycles. The van der Waals surface area contributed by atoms with Crippen molar-refractivity contribution in [2.75, 3.05) is 42.3 Å². The zero-order chi connectivity index (χ0) is 23.2. The summed E-state index contributed by atoms with van der Waals surface area (Å²) in [7, 11) is 0. The van der Waals surface area contributed by atoms with E-state index in [1.807, 2.05) is 10.6 Å². The number of thioether (sulfide) groups is 1. The molecular weight excluding hydrogens is 434 g/mol. The number of ether oxygens (including phenoxy) is 1. The first-order valence-electron chi connectivity index (χ1n) is 11.5. The van der Waals surface area contributed by atoms with Crippen LogP contribution in [0.3, 0.4) is 0 Å². The van der Waals surface area contributed by atoms with E-state index in [1.54, 1.807) is 0 Å². The van der Waals surface area contributed by atoms with E-state index in [0.29, 0.717) is 18.4 Å². The Hall–Kier alpha value is -2.84. The molecule has 3 aromatic rings. The molecule has 1 N–H and O–H groups in total. The number of aryl methyl sites for hydroxylation is 3. The molecule has 0 unspecified atom stereocenters. The fourth-order valence-corrected chi connectivity index (χ4v) is 4.77. The van der Waals surface area contributed by atoms with Gasteiger partial charge in [0.15, 0.2) is 5.16 Å². The molecule has 0 bridgehead atoms. The third-order valence-electron chi connectivity index (χ3n) is 5.77. The maximum atomic E-state index is 12.9. The van der Waals surface area contributed by atoms with Gasteiger partial charge in [0.05, 0.1) is 24.7 Å². The average Bonchev–Trinajstić information content (AvgIpc) is 3.27. The van der Waals surface area contributed by atoms with Crippen LogP contribution in [0.5, 0.6) is 0 Å². The Morgan fingerprint density at radius 3 is 2.42 bits per heavy atom. The second kappa shape index (κ2) is 10.9. The SMILES string of the molecule is CCc1cccc(CC)c1NC(=O)CSc1nnc(N2CCOCC2)n1-c1cccc(C)c1. The van der Waals surface area contributed by atoms with Crippen LogP contribution in [0.2, 0.25) is 0 Å². The van der Waals surface area contributed by atoms with E-state index in [2.05, 4.69) is 77.6 Å². The van der Waals surface area contributed by atoms with Crippen molar-refractivity contribution in [3.8, 4) is 5.69 Å². The Morgan fingerprint density at radius 1 is 1.06 bits per heavy atom. The number of nitrogens with zero attached hydrogens (tertiary/aromatic N) is 4. The summed E-state index contributed by atoms with van der Waals surface area (Å²) in [5.41, 5.74) is 5.41. The monoisotopic (exact) mass is 465 g/mol. The lowest BCUT2D eigenvalue weighted by Crippen LogP contribution is -2.37. The van der Waals surface area contributed by atoms with Crippen LogP contribution in [0.15, 0.2) is 47.6 Å². The Bertz CT molecular complexity index is 1090. The number of hydrogen-bond donors (Lipinski definition) is 1. The molecule has 1 amide bonds. The Morgan fingerprint density at radius 2 is 1.76 bits per heavy atom. The first kappa shape index (κ1) is 23.3. The number of benzene rings is 2. The number of rotatable bonds is 8. The molecule has 33 heavy (non-hydrogen) atoms. The van der Waals surface area contributed by atoms with Gasteiger partial charge in [0.1, 0.15) is 0 Å². The molecule has 0 radical (unpaired) electrons. The van der Waals surface area contributed by atoms with Gasteiger partial charge in [0, 0.05) is 18.8 Å². The third kappa shape index (κ3) is 5.39. The highest BCUT2D eigenvalue weighted by Crippen LogP contribution is 2.28. The highest BCUT2D eigenvalue weighted by atomic mass is 32.2. The van der Waals surface area contributed by atoms with Gasteiger partial charge in [-0.3, -0.25) is 9.36 Å². The summed E-state index contributed by atoms with van der Waals surface area (Å²) >= 11 is 1.41. The van der Waals surface area contributed by atoms with Gasteiger partial charge in [-0.25, -0.2) is 0 Å². The van der Waals surface area contributed by atoms with Crippen LogP contribution in [0.1, 0.15) is 30.5 Å². The molecule has 0 spiro atoms. The van der Waals surface area contributed by atoms with Crippen LogP contribution in [-0.2, 0) is 22.4 Å². The lowest BCUT2D eigenvalue weighted by Gasteiger charge is -2.28. The molecular formula is C25H31N5O2S. The first-order chi connectivity index (χ1) is 16.1. The van der Waals surface area contributed by atoms with Crippen LogP contribution < -0.4 is 10.2 Å². The van der Waals surface area contributed by atoms with Gasteiger partial charge in [-0.15, -0.1) is 10.2 Å². The molecule has 2 heterocycles. The Balaban J connectivity index is 1.56. The zero-order valence-electron chi connectivity index (χ0n) is 19.5. The highest BCUT2D eigenvalue weighted by molar-refractivity contribution is 7.99. The number of morpholine rings is 1. The quantitative estimate of drug-likeness (QED) is 0.501. The number of nitrogens with one attached hydrogen (secondary N) is 1. The molecule has 8 heteroatoms. The van der Waals surface area contributed by atoms with Gasteiger partial charge in [-0.05, 0) is 48.6 Å². The van der Waals surface area contributed by atoms with E-state index in [0.717, 1.165) is 59.9 Å². The number of carbonyl (C=O) groups is 1. The summed E-state index contributed by atoms with van der Waals surface area (Å²) in [4.78, 5) is 15.1. The zero-order valence-corrected chi connectivity index (χ0v) is 20.3.